The van der Waals surface area contributed by atoms with Gasteiger partial charge < -0.3 is 16.0 Å². The standard InChI is InChI=1S/C24H27N5O4S/c25-16-20-12-10-19(11-13-20)6-5-15-34(32,33)28-27-24(31)21-7-4-14-29(17-21)18-23(30)26-22-8-2-1-3-9-22/h1-14,28H,15-18,25H2,(H,26,30)(H,27,31). The van der Waals surface area contributed by atoms with Gasteiger partial charge in [-0.15, -0.1) is 4.83 Å². The minimum Gasteiger partial charge on any atom is -0.364 e. The Balaban J connectivity index is 1.45. The molecule has 2 aromatic carbocycles. The molecular formula is C24H27N5O4S. The summed E-state index contributed by atoms with van der Waals surface area (Å²) in [6.07, 6.45) is 8.05. The van der Waals surface area contributed by atoms with E-state index in [-0.39, 0.29) is 24.7 Å². The molecule has 0 spiro atoms. The maximum atomic E-state index is 12.4. The minimum absolute atomic E-state index is 0.0405. The zero-order valence-corrected chi connectivity index (χ0v) is 19.3. The Labute approximate surface area is 199 Å². The third-order valence-corrected chi connectivity index (χ3v) is 5.87. The second kappa shape index (κ2) is 11.9. The fourth-order valence-corrected chi connectivity index (χ4v) is 3.77. The summed E-state index contributed by atoms with van der Waals surface area (Å²) in [5.74, 6) is -1.14. The summed E-state index contributed by atoms with van der Waals surface area (Å²) in [7, 11) is -3.78. The fraction of sp³-hybridized carbons (Fsp3) is 0.167. The number of rotatable bonds is 10. The largest absolute Gasteiger partial charge is 0.364 e. The molecule has 2 aromatic rings. The van der Waals surface area contributed by atoms with E-state index < -0.39 is 15.9 Å². The van der Waals surface area contributed by atoms with Crippen LogP contribution in [0.3, 0.4) is 0 Å². The Morgan fingerprint density at radius 2 is 1.79 bits per heavy atom. The van der Waals surface area contributed by atoms with Crippen LogP contribution in [0.1, 0.15) is 11.1 Å². The highest BCUT2D eigenvalue weighted by atomic mass is 32.2. The smallest absolute Gasteiger partial charge is 0.263 e. The van der Waals surface area contributed by atoms with Crippen molar-refractivity contribution < 1.29 is 18.0 Å². The van der Waals surface area contributed by atoms with Crippen LogP contribution in [0.2, 0.25) is 0 Å². The van der Waals surface area contributed by atoms with Crippen LogP contribution in [0.4, 0.5) is 5.69 Å². The number of allylic oxidation sites excluding steroid dienone is 2. The lowest BCUT2D eigenvalue weighted by Gasteiger charge is -2.23. The summed E-state index contributed by atoms with van der Waals surface area (Å²) >= 11 is 0. The monoisotopic (exact) mass is 481 g/mol. The lowest BCUT2D eigenvalue weighted by Crippen LogP contribution is -2.45. The first-order valence-corrected chi connectivity index (χ1v) is 12.2. The molecule has 1 heterocycles. The van der Waals surface area contributed by atoms with Gasteiger partial charge >= 0.3 is 0 Å². The van der Waals surface area contributed by atoms with Crippen LogP contribution < -0.4 is 21.3 Å². The van der Waals surface area contributed by atoms with E-state index in [9.17, 15) is 18.0 Å². The van der Waals surface area contributed by atoms with Gasteiger partial charge in [-0.1, -0.05) is 60.7 Å². The van der Waals surface area contributed by atoms with Gasteiger partial charge in [0.25, 0.3) is 5.91 Å². The quantitative estimate of drug-likeness (QED) is 0.380. The van der Waals surface area contributed by atoms with Crippen molar-refractivity contribution in [3.63, 3.8) is 0 Å². The molecule has 0 aliphatic carbocycles. The van der Waals surface area contributed by atoms with Crippen molar-refractivity contribution in [1.29, 1.82) is 0 Å². The predicted molar refractivity (Wildman–Crippen MR) is 132 cm³/mol. The number of nitrogens with two attached hydrogens (primary N) is 1. The maximum absolute atomic E-state index is 12.4. The Bertz CT molecular complexity index is 1190. The maximum Gasteiger partial charge on any atom is 0.263 e. The fourth-order valence-electron chi connectivity index (χ4n) is 3.09. The number of carbonyl (C=O) groups excluding carboxylic acids is 2. The third kappa shape index (κ3) is 8.00. The summed E-state index contributed by atoms with van der Waals surface area (Å²) in [6, 6.07) is 16.5. The topological polar surface area (TPSA) is 134 Å². The molecule has 0 saturated carbocycles. The molecule has 0 atom stereocenters. The lowest BCUT2D eigenvalue weighted by atomic mass is 10.1. The number of amides is 2. The van der Waals surface area contributed by atoms with E-state index in [0.717, 1.165) is 11.1 Å². The highest BCUT2D eigenvalue weighted by Crippen LogP contribution is 2.10. The molecule has 0 radical (unpaired) electrons. The van der Waals surface area contributed by atoms with Crippen molar-refractivity contribution in [2.75, 3.05) is 24.2 Å². The number of hydrogen-bond acceptors (Lipinski definition) is 6. The van der Waals surface area contributed by atoms with E-state index in [0.29, 0.717) is 17.8 Å². The van der Waals surface area contributed by atoms with Crippen LogP contribution in [-0.2, 0) is 26.2 Å². The van der Waals surface area contributed by atoms with Crippen molar-refractivity contribution in [3.8, 4) is 0 Å². The first-order valence-electron chi connectivity index (χ1n) is 10.6. The number of benzene rings is 2. The van der Waals surface area contributed by atoms with Gasteiger partial charge in [0.05, 0.1) is 12.3 Å². The number of nitrogens with zero attached hydrogens (tertiary/aromatic N) is 1. The Hall–Kier alpha value is -3.73. The Morgan fingerprint density at radius 3 is 2.50 bits per heavy atom. The second-order valence-corrected chi connectivity index (χ2v) is 9.31. The van der Waals surface area contributed by atoms with E-state index >= 15 is 0 Å². The highest BCUT2D eigenvalue weighted by molar-refractivity contribution is 7.89. The van der Waals surface area contributed by atoms with Crippen molar-refractivity contribution in [2.24, 2.45) is 5.73 Å². The van der Waals surface area contributed by atoms with Crippen LogP contribution >= 0.6 is 0 Å². The predicted octanol–water partition coefficient (Wildman–Crippen LogP) is 1.50. The van der Waals surface area contributed by atoms with Crippen LogP contribution in [0.25, 0.3) is 6.08 Å². The SMILES string of the molecule is NCc1ccc(C=CCS(=O)(=O)NNC(=O)C2=CC=CN(CC(=O)Nc3ccccc3)C2)cc1. The molecule has 0 saturated heterocycles. The van der Waals surface area contributed by atoms with E-state index in [1.54, 1.807) is 41.5 Å². The van der Waals surface area contributed by atoms with Crippen LogP contribution in [0.5, 0.6) is 0 Å². The summed E-state index contributed by atoms with van der Waals surface area (Å²) in [5.41, 5.74) is 10.6. The lowest BCUT2D eigenvalue weighted by molar-refractivity contribution is -0.119. The minimum atomic E-state index is -3.78. The Morgan fingerprint density at radius 1 is 1.06 bits per heavy atom. The highest BCUT2D eigenvalue weighted by Gasteiger charge is 2.18. The summed E-state index contributed by atoms with van der Waals surface area (Å²) < 4.78 is 24.4. The molecule has 0 aromatic heterocycles. The number of carbonyl (C=O) groups is 2. The Kier molecular flexibility index (Phi) is 8.74. The van der Waals surface area contributed by atoms with Gasteiger partial charge in [0.2, 0.25) is 15.9 Å². The van der Waals surface area contributed by atoms with E-state index in [1.165, 1.54) is 6.08 Å². The normalized spacial score (nSPS) is 13.6. The zero-order valence-electron chi connectivity index (χ0n) is 18.5. The van der Waals surface area contributed by atoms with Gasteiger partial charge in [0.1, 0.15) is 0 Å². The van der Waals surface area contributed by atoms with Crippen molar-refractivity contribution in [1.82, 2.24) is 15.2 Å². The van der Waals surface area contributed by atoms with Gasteiger partial charge in [-0.25, -0.2) is 8.42 Å². The average molecular weight is 482 g/mol. The van der Waals surface area contributed by atoms with Gasteiger partial charge in [0, 0.05) is 24.4 Å². The van der Waals surface area contributed by atoms with Gasteiger partial charge in [-0.2, -0.15) is 0 Å². The molecule has 9 nitrogen and oxygen atoms in total. The summed E-state index contributed by atoms with van der Waals surface area (Å²) in [5, 5.41) is 2.78. The molecule has 5 N–H and O–H groups in total. The van der Waals surface area contributed by atoms with Crippen molar-refractivity contribution in [3.05, 3.63) is 95.7 Å². The number of hydrazine groups is 1. The molecule has 10 heteroatoms. The van der Waals surface area contributed by atoms with Crippen molar-refractivity contribution in [2.45, 2.75) is 6.54 Å². The van der Waals surface area contributed by atoms with Crippen LogP contribution in [0, 0.1) is 0 Å². The molecule has 0 fully saturated rings. The average Bonchev–Trinajstić information content (AvgIpc) is 2.83. The molecule has 0 bridgehead atoms. The molecular weight excluding hydrogens is 454 g/mol. The molecule has 1 aliphatic rings. The first kappa shape index (κ1) is 24.9. The van der Waals surface area contributed by atoms with Gasteiger partial charge in [-0.3, -0.25) is 15.0 Å². The molecule has 1 aliphatic heterocycles. The van der Waals surface area contributed by atoms with Crippen LogP contribution in [0.15, 0.2) is 84.6 Å². The van der Waals surface area contributed by atoms with Crippen molar-refractivity contribution >= 4 is 33.6 Å². The van der Waals surface area contributed by atoms with E-state index in [2.05, 4.69) is 15.6 Å². The van der Waals surface area contributed by atoms with E-state index in [4.69, 9.17) is 5.73 Å². The molecule has 2 amide bonds. The third-order valence-electron chi connectivity index (χ3n) is 4.83. The number of hydrogen-bond donors (Lipinski definition) is 4. The van der Waals surface area contributed by atoms with Gasteiger partial charge in [0.15, 0.2) is 0 Å². The number of nitrogens with one attached hydrogen (secondary N) is 3. The van der Waals surface area contributed by atoms with Crippen LogP contribution in [-0.4, -0.2) is 44.0 Å². The number of para-hydroxylation sites is 1. The zero-order chi connectivity index (χ0) is 24.4. The number of anilines is 1. The first-order chi connectivity index (χ1) is 16.3. The number of sulfonamides is 1. The van der Waals surface area contributed by atoms with E-state index in [1.807, 2.05) is 42.5 Å². The molecule has 34 heavy (non-hydrogen) atoms. The molecule has 178 valence electrons. The molecule has 3 rings (SSSR count). The molecule has 0 unspecified atom stereocenters. The summed E-state index contributed by atoms with van der Waals surface area (Å²) in [6.45, 7) is 0.636. The summed E-state index contributed by atoms with van der Waals surface area (Å²) in [4.78, 5) is 28.4. The second-order valence-electron chi connectivity index (χ2n) is 7.54. The van der Waals surface area contributed by atoms with Gasteiger partial charge in [-0.05, 0) is 35.5 Å².